The number of aliphatic hydroxyl groups is 2. The van der Waals surface area contributed by atoms with Gasteiger partial charge in [0.1, 0.15) is 11.2 Å². The van der Waals surface area contributed by atoms with Gasteiger partial charge in [-0.1, -0.05) is 0 Å². The molecular formula is C24H39NO7. The summed E-state index contributed by atoms with van der Waals surface area (Å²) in [6, 6.07) is -0.321. The van der Waals surface area contributed by atoms with E-state index in [0.29, 0.717) is 13.0 Å². The third-order valence-electron chi connectivity index (χ3n) is 11.2. The van der Waals surface area contributed by atoms with Gasteiger partial charge in [0.05, 0.1) is 37.1 Å². The average Bonchev–Trinajstić information content (AvgIpc) is 3.18. The van der Waals surface area contributed by atoms with Gasteiger partial charge >= 0.3 is 0 Å². The van der Waals surface area contributed by atoms with Crippen molar-refractivity contribution >= 4 is 0 Å². The van der Waals surface area contributed by atoms with Crippen LogP contribution in [0.2, 0.25) is 0 Å². The lowest BCUT2D eigenvalue weighted by Crippen LogP contribution is -2.81. The normalized spacial score (nSPS) is 61.8. The molecule has 8 nitrogen and oxygen atoms in total. The second-order valence-corrected chi connectivity index (χ2v) is 11.5. The van der Waals surface area contributed by atoms with Crippen LogP contribution in [0.3, 0.4) is 0 Å². The number of methoxy groups -OCH3 is 5. The molecule has 0 aromatic rings. The first-order valence-corrected chi connectivity index (χ1v) is 12.1. The second kappa shape index (κ2) is 6.88. The van der Waals surface area contributed by atoms with Gasteiger partial charge < -0.3 is 39.2 Å². The SMILES string of the molecule is COC[C@@]12CC[C@H](OC)[C@@]34[C@@H]1[C@@H](OC)[C@@](O)([C@H]3NC2)[C@]1(O)C[C@@H](OC)[C@@H]2C[C@H]4[C@H]1[C@@H]2OC. The third kappa shape index (κ3) is 2.03. The molecule has 0 amide bonds. The van der Waals surface area contributed by atoms with E-state index >= 15 is 0 Å². The van der Waals surface area contributed by atoms with Gasteiger partial charge in [-0.25, -0.2) is 0 Å². The molecule has 5 saturated carbocycles. The largest absolute Gasteiger partial charge is 0.386 e. The Kier molecular flexibility index (Phi) is 4.76. The van der Waals surface area contributed by atoms with E-state index in [4.69, 9.17) is 23.7 Å². The average molecular weight is 454 g/mol. The summed E-state index contributed by atoms with van der Waals surface area (Å²) < 4.78 is 30.2. The van der Waals surface area contributed by atoms with Crippen LogP contribution < -0.4 is 5.32 Å². The Labute approximate surface area is 190 Å². The Morgan fingerprint density at radius 3 is 2.41 bits per heavy atom. The molecule has 5 aliphatic carbocycles. The Hall–Kier alpha value is -0.320. The summed E-state index contributed by atoms with van der Waals surface area (Å²) in [5.41, 5.74) is -3.41. The molecule has 182 valence electrons. The predicted octanol–water partition coefficient (Wildman–Crippen LogP) is 0.193. The Balaban J connectivity index is 1.64. The first kappa shape index (κ1) is 22.2. The van der Waals surface area contributed by atoms with Gasteiger partial charge in [-0.15, -0.1) is 0 Å². The predicted molar refractivity (Wildman–Crippen MR) is 114 cm³/mol. The van der Waals surface area contributed by atoms with Crippen LogP contribution in [0, 0.1) is 34.5 Å². The van der Waals surface area contributed by atoms with Crippen LogP contribution >= 0.6 is 0 Å². The molecule has 1 aliphatic heterocycles. The molecular weight excluding hydrogens is 414 g/mol. The Morgan fingerprint density at radius 2 is 1.78 bits per heavy atom. The third-order valence-corrected chi connectivity index (χ3v) is 11.2. The van der Waals surface area contributed by atoms with E-state index in [2.05, 4.69) is 5.32 Å². The van der Waals surface area contributed by atoms with Crippen molar-refractivity contribution in [3.05, 3.63) is 0 Å². The molecule has 1 saturated heterocycles. The van der Waals surface area contributed by atoms with Crippen molar-refractivity contribution in [2.45, 2.75) is 67.3 Å². The summed E-state index contributed by atoms with van der Waals surface area (Å²) in [6.45, 7) is 1.34. The maximum atomic E-state index is 12.8. The van der Waals surface area contributed by atoms with Crippen molar-refractivity contribution in [1.29, 1.82) is 0 Å². The highest BCUT2D eigenvalue weighted by molar-refractivity contribution is 5.41. The minimum Gasteiger partial charge on any atom is -0.386 e. The molecule has 6 fully saturated rings. The lowest BCUT2D eigenvalue weighted by atomic mass is 9.43. The van der Waals surface area contributed by atoms with Crippen molar-refractivity contribution < 1.29 is 33.9 Å². The Bertz CT molecular complexity index is 783. The topological polar surface area (TPSA) is 98.6 Å². The van der Waals surface area contributed by atoms with Crippen molar-refractivity contribution in [2.24, 2.45) is 34.5 Å². The van der Waals surface area contributed by atoms with Gasteiger partial charge in [0, 0.05) is 77.1 Å². The van der Waals surface area contributed by atoms with Crippen LogP contribution in [-0.4, -0.2) is 101 Å². The molecule has 0 radical (unpaired) electrons. The van der Waals surface area contributed by atoms with Gasteiger partial charge in [-0.05, 0) is 25.2 Å². The van der Waals surface area contributed by atoms with Crippen LogP contribution in [0.4, 0.5) is 0 Å². The summed E-state index contributed by atoms with van der Waals surface area (Å²) in [5, 5.41) is 29.1. The molecule has 6 aliphatic rings. The maximum Gasteiger partial charge on any atom is 0.136 e. The van der Waals surface area contributed by atoms with Crippen molar-refractivity contribution in [1.82, 2.24) is 5.32 Å². The van der Waals surface area contributed by atoms with Crippen molar-refractivity contribution in [2.75, 3.05) is 48.7 Å². The first-order chi connectivity index (χ1) is 15.4. The zero-order valence-corrected chi connectivity index (χ0v) is 19.9. The second-order valence-electron chi connectivity index (χ2n) is 11.5. The minimum atomic E-state index is -1.48. The van der Waals surface area contributed by atoms with E-state index in [1.165, 1.54) is 0 Å². The molecule has 7 bridgehead atoms. The lowest BCUT2D eigenvalue weighted by Gasteiger charge is -2.67. The van der Waals surface area contributed by atoms with Crippen molar-refractivity contribution in [3.63, 3.8) is 0 Å². The van der Waals surface area contributed by atoms with E-state index in [0.717, 1.165) is 25.8 Å². The molecule has 0 aromatic heterocycles. The maximum absolute atomic E-state index is 12.8. The highest BCUT2D eigenvalue weighted by Crippen LogP contribution is 2.79. The van der Waals surface area contributed by atoms with Gasteiger partial charge in [0.25, 0.3) is 0 Å². The number of piperidine rings is 1. The molecule has 0 aromatic carbocycles. The highest BCUT2D eigenvalue weighted by atomic mass is 16.5. The van der Waals surface area contributed by atoms with Crippen LogP contribution in [0.25, 0.3) is 0 Å². The summed E-state index contributed by atoms with van der Waals surface area (Å²) in [4.78, 5) is 0. The summed E-state index contributed by atoms with van der Waals surface area (Å²) >= 11 is 0. The fraction of sp³-hybridized carbons (Fsp3) is 1.00. The quantitative estimate of drug-likeness (QED) is 0.525. The fourth-order valence-corrected chi connectivity index (χ4v) is 10.6. The number of hydrogen-bond acceptors (Lipinski definition) is 8. The summed E-state index contributed by atoms with van der Waals surface area (Å²) in [6.07, 6.45) is 2.24. The van der Waals surface area contributed by atoms with Crippen LogP contribution in [0.15, 0.2) is 0 Å². The van der Waals surface area contributed by atoms with Gasteiger partial charge in [0.15, 0.2) is 0 Å². The fourth-order valence-electron chi connectivity index (χ4n) is 10.6. The molecule has 8 heteroatoms. The smallest absolute Gasteiger partial charge is 0.136 e. The van der Waals surface area contributed by atoms with E-state index < -0.39 is 17.3 Å². The van der Waals surface area contributed by atoms with E-state index in [1.54, 1.807) is 35.5 Å². The standard InChI is InChI=1S/C24H39NO7/c1-28-11-21-7-6-15(30-3)23-13-8-12-14(29-2)9-22(26,16(13)17(12)31-4)24(27,20(23)25-10-21)19(32-5)18(21)23/h12-20,25-27H,6-11H2,1-5H3/t12-,13-,14+,15-,16-,17+,18+,19+,20-,21-,22-,23-,24+/m0/s1. The van der Waals surface area contributed by atoms with Crippen molar-refractivity contribution in [3.8, 4) is 0 Å². The number of nitrogens with one attached hydrogen (secondary N) is 1. The Morgan fingerprint density at radius 1 is 1.00 bits per heavy atom. The molecule has 1 spiro atoms. The molecule has 0 unspecified atom stereocenters. The monoisotopic (exact) mass is 453 g/mol. The molecule has 6 rings (SSSR count). The van der Waals surface area contributed by atoms with Gasteiger partial charge in [-0.2, -0.15) is 0 Å². The van der Waals surface area contributed by atoms with Crippen LogP contribution in [0.5, 0.6) is 0 Å². The number of hydrogen-bond donors (Lipinski definition) is 3. The first-order valence-electron chi connectivity index (χ1n) is 12.1. The van der Waals surface area contributed by atoms with E-state index in [1.807, 2.05) is 0 Å². The van der Waals surface area contributed by atoms with Gasteiger partial charge in [-0.3, -0.25) is 0 Å². The zero-order chi connectivity index (χ0) is 22.7. The summed E-state index contributed by atoms with van der Waals surface area (Å²) in [5.74, 6) is 0.151. The number of fused-ring (bicyclic) bond motifs is 2. The minimum absolute atomic E-state index is 0.0202. The molecule has 3 N–H and O–H groups in total. The molecule has 13 atom stereocenters. The zero-order valence-electron chi connectivity index (χ0n) is 19.9. The van der Waals surface area contributed by atoms with Crippen LogP contribution in [0.1, 0.15) is 25.7 Å². The van der Waals surface area contributed by atoms with Gasteiger partial charge in [0.2, 0.25) is 0 Å². The van der Waals surface area contributed by atoms with Crippen LogP contribution in [-0.2, 0) is 23.7 Å². The number of ether oxygens (including phenoxy) is 5. The van der Waals surface area contributed by atoms with E-state index in [9.17, 15) is 10.2 Å². The molecule has 1 heterocycles. The van der Waals surface area contributed by atoms with E-state index in [-0.39, 0.29) is 58.9 Å². The number of rotatable bonds is 6. The molecule has 32 heavy (non-hydrogen) atoms. The summed E-state index contributed by atoms with van der Waals surface area (Å²) in [7, 11) is 8.67. The highest BCUT2D eigenvalue weighted by Gasteiger charge is 2.90. The lowest BCUT2D eigenvalue weighted by molar-refractivity contribution is -0.301.